The highest BCUT2D eigenvalue weighted by Crippen LogP contribution is 2.28. The first-order valence-corrected chi connectivity index (χ1v) is 6.85. The number of methoxy groups -OCH3 is 1. The molecule has 0 radical (unpaired) electrons. The van der Waals surface area contributed by atoms with E-state index in [4.69, 9.17) is 4.74 Å². The number of hydrogen-bond donors (Lipinski definition) is 2. The van der Waals surface area contributed by atoms with Gasteiger partial charge in [0.25, 0.3) is 5.24 Å². The lowest BCUT2D eigenvalue weighted by Crippen LogP contribution is -2.24. The number of hydrogen-bond acceptors (Lipinski definition) is 5. The molecule has 1 aromatic rings. The average Bonchev–Trinajstić information content (AvgIpc) is 2.70. The molecule has 1 fully saturated rings. The van der Waals surface area contributed by atoms with Crippen molar-refractivity contribution >= 4 is 22.9 Å². The molecular formula is C13H15NO4S. The fourth-order valence-electron chi connectivity index (χ4n) is 1.95. The third-order valence-electron chi connectivity index (χ3n) is 2.94. The molecule has 0 spiro atoms. The molecule has 19 heavy (non-hydrogen) atoms. The van der Waals surface area contributed by atoms with Crippen LogP contribution in [-0.2, 0) is 11.2 Å². The van der Waals surface area contributed by atoms with Gasteiger partial charge >= 0.3 is 0 Å². The zero-order valence-corrected chi connectivity index (χ0v) is 11.3. The Morgan fingerprint density at radius 2 is 2.21 bits per heavy atom. The van der Waals surface area contributed by atoms with Gasteiger partial charge in [-0.25, -0.2) is 0 Å². The van der Waals surface area contributed by atoms with Crippen molar-refractivity contribution in [2.75, 3.05) is 7.11 Å². The lowest BCUT2D eigenvalue weighted by Gasteiger charge is -2.08. The number of carbonyl (C=O) groups is 2. The molecule has 2 N–H and O–H groups in total. The first-order valence-electron chi connectivity index (χ1n) is 5.97. The summed E-state index contributed by atoms with van der Waals surface area (Å²) >= 11 is 1.05. The van der Waals surface area contributed by atoms with Gasteiger partial charge in [0.2, 0.25) is 5.91 Å². The summed E-state index contributed by atoms with van der Waals surface area (Å²) in [7, 11) is 1.50. The van der Waals surface area contributed by atoms with E-state index in [9.17, 15) is 14.7 Å². The molecular weight excluding hydrogens is 266 g/mol. The van der Waals surface area contributed by atoms with E-state index < -0.39 is 0 Å². The summed E-state index contributed by atoms with van der Waals surface area (Å²) in [5.41, 5.74) is 1.03. The molecule has 6 heteroatoms. The Morgan fingerprint density at radius 1 is 1.42 bits per heavy atom. The topological polar surface area (TPSA) is 75.6 Å². The minimum atomic E-state index is -0.272. The van der Waals surface area contributed by atoms with Crippen LogP contribution in [0.5, 0.6) is 11.5 Å². The summed E-state index contributed by atoms with van der Waals surface area (Å²) in [6.45, 7) is 0. The molecule has 102 valence electrons. The highest BCUT2D eigenvalue weighted by Gasteiger charge is 2.30. The third kappa shape index (κ3) is 3.41. The number of amides is 2. The molecule has 1 unspecified atom stereocenters. The number of carbonyl (C=O) groups excluding carboxylic acids is 2. The van der Waals surface area contributed by atoms with Crippen LogP contribution < -0.4 is 10.1 Å². The van der Waals surface area contributed by atoms with Crippen molar-refractivity contribution < 1.29 is 19.4 Å². The standard InChI is InChI=1S/C13H15NO4S/c1-18-10-7-8(5-6-9(10)15)3-2-4-11-12(16)14-13(17)19-11/h5-7,11,15H,2-4H2,1H3,(H,14,16,17). The van der Waals surface area contributed by atoms with E-state index in [1.807, 2.05) is 6.07 Å². The van der Waals surface area contributed by atoms with Gasteiger partial charge in [-0.15, -0.1) is 0 Å². The van der Waals surface area contributed by atoms with Crippen LogP contribution in [0.2, 0.25) is 0 Å². The summed E-state index contributed by atoms with van der Waals surface area (Å²) in [5, 5.41) is 11.2. The van der Waals surface area contributed by atoms with Crippen LogP contribution in [0.1, 0.15) is 18.4 Å². The molecule has 2 amide bonds. The lowest BCUT2D eigenvalue weighted by atomic mass is 10.1. The number of ether oxygens (including phenoxy) is 1. The normalized spacial score (nSPS) is 18.5. The van der Waals surface area contributed by atoms with Gasteiger partial charge in [0, 0.05) is 0 Å². The molecule has 2 rings (SSSR count). The quantitative estimate of drug-likeness (QED) is 0.864. The fourth-order valence-corrected chi connectivity index (χ4v) is 2.82. The zero-order valence-electron chi connectivity index (χ0n) is 10.5. The Labute approximate surface area is 115 Å². The van der Waals surface area contributed by atoms with Crippen LogP contribution in [0.25, 0.3) is 0 Å². The van der Waals surface area contributed by atoms with Gasteiger partial charge in [-0.1, -0.05) is 17.8 Å². The first kappa shape index (κ1) is 13.7. The molecule has 1 aliphatic rings. The number of thioether (sulfide) groups is 1. The lowest BCUT2D eigenvalue weighted by molar-refractivity contribution is -0.119. The second-order valence-electron chi connectivity index (χ2n) is 4.28. The Morgan fingerprint density at radius 3 is 2.84 bits per heavy atom. The van der Waals surface area contributed by atoms with Crippen molar-refractivity contribution in [3.63, 3.8) is 0 Å². The zero-order chi connectivity index (χ0) is 13.8. The van der Waals surface area contributed by atoms with Crippen molar-refractivity contribution in [3.05, 3.63) is 23.8 Å². The third-order valence-corrected chi connectivity index (χ3v) is 3.99. The van der Waals surface area contributed by atoms with Gasteiger partial charge in [0.1, 0.15) is 0 Å². The van der Waals surface area contributed by atoms with E-state index >= 15 is 0 Å². The first-order chi connectivity index (χ1) is 9.10. The van der Waals surface area contributed by atoms with Gasteiger partial charge < -0.3 is 9.84 Å². The second-order valence-corrected chi connectivity index (χ2v) is 5.46. The predicted molar refractivity (Wildman–Crippen MR) is 72.5 cm³/mol. The number of phenolic OH excluding ortho intramolecular Hbond substituents is 1. The summed E-state index contributed by atoms with van der Waals surface area (Å²) in [4.78, 5) is 22.4. The smallest absolute Gasteiger partial charge is 0.286 e. The Balaban J connectivity index is 1.86. The Kier molecular flexibility index (Phi) is 4.31. The van der Waals surface area contributed by atoms with Crippen molar-refractivity contribution in [3.8, 4) is 11.5 Å². The van der Waals surface area contributed by atoms with Gasteiger partial charge in [-0.05, 0) is 37.0 Å². The van der Waals surface area contributed by atoms with Gasteiger partial charge in [-0.3, -0.25) is 14.9 Å². The van der Waals surface area contributed by atoms with Crippen molar-refractivity contribution in [1.29, 1.82) is 0 Å². The molecule has 1 aliphatic heterocycles. The summed E-state index contributed by atoms with van der Waals surface area (Å²) in [6.07, 6.45) is 2.23. The number of rotatable bonds is 5. The van der Waals surface area contributed by atoms with Crippen molar-refractivity contribution in [2.24, 2.45) is 0 Å². The van der Waals surface area contributed by atoms with Crippen LogP contribution in [-0.4, -0.2) is 28.6 Å². The minimum absolute atomic E-state index is 0.113. The molecule has 1 aromatic carbocycles. The maximum absolute atomic E-state index is 11.4. The number of imide groups is 1. The molecule has 0 saturated carbocycles. The monoisotopic (exact) mass is 281 g/mol. The van der Waals surface area contributed by atoms with Gasteiger partial charge in [0.15, 0.2) is 11.5 Å². The second kappa shape index (κ2) is 5.97. The molecule has 0 aliphatic carbocycles. The van der Waals surface area contributed by atoms with Gasteiger partial charge in [0.05, 0.1) is 12.4 Å². The number of aromatic hydroxyl groups is 1. The highest BCUT2D eigenvalue weighted by atomic mass is 32.2. The van der Waals surface area contributed by atoms with E-state index in [0.29, 0.717) is 12.2 Å². The van der Waals surface area contributed by atoms with Crippen LogP contribution in [0.4, 0.5) is 4.79 Å². The van der Waals surface area contributed by atoms with Crippen LogP contribution >= 0.6 is 11.8 Å². The maximum atomic E-state index is 11.4. The van der Waals surface area contributed by atoms with Crippen LogP contribution in [0, 0.1) is 0 Å². The van der Waals surface area contributed by atoms with Crippen LogP contribution in [0.3, 0.4) is 0 Å². The molecule has 1 heterocycles. The van der Waals surface area contributed by atoms with Crippen LogP contribution in [0.15, 0.2) is 18.2 Å². The molecule has 0 aromatic heterocycles. The number of benzene rings is 1. The van der Waals surface area contributed by atoms with E-state index in [1.54, 1.807) is 12.1 Å². The molecule has 1 atom stereocenters. The number of nitrogens with one attached hydrogen (secondary N) is 1. The van der Waals surface area contributed by atoms with Crippen molar-refractivity contribution in [2.45, 2.75) is 24.5 Å². The number of aryl methyl sites for hydroxylation is 1. The SMILES string of the molecule is COc1cc(CCCC2SC(=O)NC2=O)ccc1O. The van der Waals surface area contributed by atoms with E-state index in [2.05, 4.69) is 5.32 Å². The van der Waals surface area contributed by atoms with Crippen molar-refractivity contribution in [1.82, 2.24) is 5.32 Å². The Bertz CT molecular complexity index is 503. The van der Waals surface area contributed by atoms with E-state index in [-0.39, 0.29) is 22.1 Å². The Hall–Kier alpha value is -1.69. The fraction of sp³-hybridized carbons (Fsp3) is 0.385. The van der Waals surface area contributed by atoms with Gasteiger partial charge in [-0.2, -0.15) is 0 Å². The summed E-state index contributed by atoms with van der Waals surface area (Å²) in [5.74, 6) is 0.363. The predicted octanol–water partition coefficient (Wildman–Crippen LogP) is 2.08. The number of phenols is 1. The summed E-state index contributed by atoms with van der Waals surface area (Å²) < 4.78 is 5.03. The molecule has 5 nitrogen and oxygen atoms in total. The van der Waals surface area contributed by atoms with E-state index in [0.717, 1.165) is 30.2 Å². The highest BCUT2D eigenvalue weighted by molar-refractivity contribution is 8.15. The summed E-state index contributed by atoms with van der Waals surface area (Å²) in [6, 6.07) is 5.20. The maximum Gasteiger partial charge on any atom is 0.286 e. The molecule has 1 saturated heterocycles. The average molecular weight is 281 g/mol. The van der Waals surface area contributed by atoms with E-state index in [1.165, 1.54) is 7.11 Å². The minimum Gasteiger partial charge on any atom is -0.504 e. The molecule has 0 bridgehead atoms. The largest absolute Gasteiger partial charge is 0.504 e.